The lowest BCUT2D eigenvalue weighted by Gasteiger charge is -2.22. The summed E-state index contributed by atoms with van der Waals surface area (Å²) in [7, 11) is 0. The minimum Gasteiger partial charge on any atom is -0.477 e. The summed E-state index contributed by atoms with van der Waals surface area (Å²) in [4.78, 5) is 31.0. The van der Waals surface area contributed by atoms with Crippen LogP contribution in [-0.2, 0) is 0 Å². The number of hydrogen-bond acceptors (Lipinski definition) is 7. The molecule has 0 fully saturated rings. The van der Waals surface area contributed by atoms with Gasteiger partial charge in [0.05, 0.1) is 29.6 Å². The Morgan fingerprint density at radius 1 is 1.38 bits per heavy atom. The largest absolute Gasteiger partial charge is 0.477 e. The number of nitrogens with zero attached hydrogens (tertiary/aromatic N) is 2. The number of hydrogen-bond donors (Lipinski definition) is 4. The predicted molar refractivity (Wildman–Crippen MR) is 95.1 cm³/mol. The molecule has 2 aromatic heterocycles. The van der Waals surface area contributed by atoms with Crippen molar-refractivity contribution in [3.8, 4) is 0 Å². The average molecular weight is 403 g/mol. The number of amides is 1. The lowest BCUT2D eigenvalue weighted by Crippen LogP contribution is -2.42. The van der Waals surface area contributed by atoms with Crippen LogP contribution in [0.3, 0.4) is 0 Å². The fraction of sp³-hybridized carbons (Fsp3) is 0.333. The highest BCUT2D eigenvalue weighted by Gasteiger charge is 2.27. The molecule has 0 aliphatic carbocycles. The van der Waals surface area contributed by atoms with Gasteiger partial charge in [-0.2, -0.15) is 0 Å². The second-order valence-corrected chi connectivity index (χ2v) is 7.26. The summed E-state index contributed by atoms with van der Waals surface area (Å²) >= 11 is 6.72. The van der Waals surface area contributed by atoms with Crippen molar-refractivity contribution in [1.82, 2.24) is 15.3 Å². The third-order valence-corrected chi connectivity index (χ3v) is 4.39. The molecule has 0 radical (unpaired) electrons. The number of carboxylic acids is 1. The Bertz CT molecular complexity index is 824. The highest BCUT2D eigenvalue weighted by Crippen LogP contribution is 2.26. The van der Waals surface area contributed by atoms with E-state index in [1.807, 2.05) is 0 Å². The van der Waals surface area contributed by atoms with E-state index < -0.39 is 30.2 Å². The summed E-state index contributed by atoms with van der Waals surface area (Å²) < 4.78 is 13.8. The standard InChI is InChI=1S/C15H16ClFN4O4S/c1-15(2,25)10(17)6-19-12(22)7-4-18-11(16)3-8(7)21-14-20-5-9(26-14)13(23)24/h3-5,10,25H,6H2,1-2H3,(H,19,22)(H,23,24)(H,18,20,21)/t10-/m1/s1. The van der Waals surface area contributed by atoms with Gasteiger partial charge in [0, 0.05) is 6.20 Å². The Morgan fingerprint density at radius 3 is 2.65 bits per heavy atom. The van der Waals surface area contributed by atoms with E-state index in [0.29, 0.717) is 0 Å². The molecule has 26 heavy (non-hydrogen) atoms. The molecular weight excluding hydrogens is 387 g/mol. The quantitative estimate of drug-likeness (QED) is 0.524. The summed E-state index contributed by atoms with van der Waals surface area (Å²) in [5.74, 6) is -1.76. The lowest BCUT2D eigenvalue weighted by atomic mass is 10.0. The monoisotopic (exact) mass is 402 g/mol. The van der Waals surface area contributed by atoms with E-state index >= 15 is 0 Å². The van der Waals surface area contributed by atoms with Crippen LogP contribution in [-0.4, -0.2) is 50.4 Å². The van der Waals surface area contributed by atoms with Gasteiger partial charge in [-0.05, 0) is 19.9 Å². The van der Waals surface area contributed by atoms with Gasteiger partial charge in [-0.1, -0.05) is 22.9 Å². The molecule has 8 nitrogen and oxygen atoms in total. The van der Waals surface area contributed by atoms with Crippen LogP contribution in [0.5, 0.6) is 0 Å². The van der Waals surface area contributed by atoms with Crippen molar-refractivity contribution in [1.29, 1.82) is 0 Å². The fourth-order valence-electron chi connectivity index (χ4n) is 1.79. The minimum absolute atomic E-state index is 0.0177. The van der Waals surface area contributed by atoms with Gasteiger partial charge in [-0.3, -0.25) is 4.79 Å². The molecule has 4 N–H and O–H groups in total. The zero-order valence-corrected chi connectivity index (χ0v) is 15.4. The number of alkyl halides is 1. The van der Waals surface area contributed by atoms with Crippen molar-refractivity contribution in [3.63, 3.8) is 0 Å². The lowest BCUT2D eigenvalue weighted by molar-refractivity contribution is -0.00178. The van der Waals surface area contributed by atoms with Crippen LogP contribution in [0.2, 0.25) is 5.15 Å². The van der Waals surface area contributed by atoms with E-state index in [1.54, 1.807) is 0 Å². The molecule has 0 aliphatic rings. The highest BCUT2D eigenvalue weighted by atomic mass is 35.5. The first-order valence-corrected chi connectivity index (χ1v) is 8.53. The number of nitrogens with one attached hydrogen (secondary N) is 2. The maximum absolute atomic E-state index is 13.8. The first-order chi connectivity index (χ1) is 12.1. The van der Waals surface area contributed by atoms with E-state index in [4.69, 9.17) is 16.7 Å². The van der Waals surface area contributed by atoms with Gasteiger partial charge >= 0.3 is 5.97 Å². The van der Waals surface area contributed by atoms with Crippen LogP contribution in [0.25, 0.3) is 0 Å². The predicted octanol–water partition coefficient (Wildman–Crippen LogP) is 2.47. The smallest absolute Gasteiger partial charge is 0.347 e. The zero-order valence-electron chi connectivity index (χ0n) is 13.8. The molecule has 140 valence electrons. The number of carbonyl (C=O) groups is 2. The maximum Gasteiger partial charge on any atom is 0.347 e. The normalized spacial score (nSPS) is 12.5. The van der Waals surface area contributed by atoms with E-state index in [0.717, 1.165) is 11.3 Å². The van der Waals surface area contributed by atoms with Crippen LogP contribution in [0.15, 0.2) is 18.5 Å². The Kier molecular flexibility index (Phi) is 6.11. The fourth-order valence-corrected chi connectivity index (χ4v) is 2.61. The number of aromatic nitrogens is 2. The van der Waals surface area contributed by atoms with Gasteiger partial charge in [-0.25, -0.2) is 19.2 Å². The summed E-state index contributed by atoms with van der Waals surface area (Å²) in [6, 6.07) is 1.36. The number of aromatic carboxylic acids is 1. The number of aliphatic hydroxyl groups is 1. The summed E-state index contributed by atoms with van der Waals surface area (Å²) in [6.45, 7) is 2.19. The number of halogens is 2. The molecule has 0 unspecified atom stereocenters. The van der Waals surface area contributed by atoms with Crippen molar-refractivity contribution >= 4 is 45.6 Å². The Labute approximate surface area is 157 Å². The zero-order chi connectivity index (χ0) is 19.5. The van der Waals surface area contributed by atoms with Crippen molar-refractivity contribution in [2.45, 2.75) is 25.6 Å². The SMILES string of the molecule is CC(C)(O)[C@H](F)CNC(=O)c1cnc(Cl)cc1Nc1ncc(C(=O)O)s1. The second-order valence-electron chi connectivity index (χ2n) is 5.84. The van der Waals surface area contributed by atoms with Gasteiger partial charge in [-0.15, -0.1) is 0 Å². The Hall–Kier alpha value is -2.30. The van der Waals surface area contributed by atoms with Crippen molar-refractivity contribution < 1.29 is 24.2 Å². The van der Waals surface area contributed by atoms with Crippen molar-refractivity contribution in [3.05, 3.63) is 34.1 Å². The molecule has 2 heterocycles. The number of anilines is 2. The average Bonchev–Trinajstić information content (AvgIpc) is 3.00. The number of thiazole rings is 1. The van der Waals surface area contributed by atoms with E-state index in [9.17, 15) is 19.1 Å². The highest BCUT2D eigenvalue weighted by molar-refractivity contribution is 7.17. The summed E-state index contributed by atoms with van der Waals surface area (Å²) in [6.07, 6.45) is 0.706. The molecule has 0 aromatic carbocycles. The van der Waals surface area contributed by atoms with Gasteiger partial charge in [0.1, 0.15) is 16.2 Å². The number of carboxylic acid groups (broad SMARTS) is 1. The van der Waals surface area contributed by atoms with Gasteiger partial charge in [0.15, 0.2) is 5.13 Å². The van der Waals surface area contributed by atoms with Crippen LogP contribution in [0, 0.1) is 0 Å². The molecule has 0 saturated carbocycles. The number of rotatable bonds is 7. The van der Waals surface area contributed by atoms with E-state index in [2.05, 4.69) is 20.6 Å². The topological polar surface area (TPSA) is 124 Å². The molecule has 0 aliphatic heterocycles. The summed E-state index contributed by atoms with van der Waals surface area (Å²) in [5, 5.41) is 24.0. The van der Waals surface area contributed by atoms with Crippen LogP contribution >= 0.6 is 22.9 Å². The first-order valence-electron chi connectivity index (χ1n) is 7.34. The number of carbonyl (C=O) groups excluding carboxylic acids is 1. The van der Waals surface area contributed by atoms with E-state index in [1.165, 1.54) is 32.3 Å². The molecule has 2 aromatic rings. The molecule has 0 bridgehead atoms. The van der Waals surface area contributed by atoms with E-state index in [-0.39, 0.29) is 26.4 Å². The van der Waals surface area contributed by atoms with Crippen LogP contribution in [0.4, 0.5) is 15.2 Å². The third-order valence-electron chi connectivity index (χ3n) is 3.28. The Morgan fingerprint density at radius 2 is 2.08 bits per heavy atom. The molecule has 11 heteroatoms. The van der Waals surface area contributed by atoms with Crippen LogP contribution in [0.1, 0.15) is 33.9 Å². The van der Waals surface area contributed by atoms with Gasteiger partial charge in [0.25, 0.3) is 5.91 Å². The molecule has 2 rings (SSSR count). The van der Waals surface area contributed by atoms with Crippen molar-refractivity contribution in [2.24, 2.45) is 0 Å². The number of pyridine rings is 1. The third kappa shape index (κ3) is 5.10. The molecule has 0 saturated heterocycles. The molecule has 0 spiro atoms. The maximum atomic E-state index is 13.8. The van der Waals surface area contributed by atoms with Crippen molar-refractivity contribution in [2.75, 3.05) is 11.9 Å². The Balaban J connectivity index is 2.18. The minimum atomic E-state index is -1.67. The first kappa shape index (κ1) is 20.0. The molecular formula is C15H16ClFN4O4S. The molecule has 1 amide bonds. The molecule has 1 atom stereocenters. The van der Waals surface area contributed by atoms with Crippen LogP contribution < -0.4 is 10.6 Å². The van der Waals surface area contributed by atoms with Gasteiger partial charge in [0.2, 0.25) is 0 Å². The second kappa shape index (κ2) is 7.94. The van der Waals surface area contributed by atoms with Gasteiger partial charge < -0.3 is 20.8 Å². The summed E-state index contributed by atoms with van der Waals surface area (Å²) in [5.41, 5.74) is -1.31.